The Morgan fingerprint density at radius 2 is 1.67 bits per heavy atom. The lowest BCUT2D eigenvalue weighted by molar-refractivity contribution is -0.112. The first-order valence-electron chi connectivity index (χ1n) is 4.77. The van der Waals surface area contributed by atoms with Crippen LogP contribution in [-0.4, -0.2) is 16.7 Å². The Labute approximate surface area is 87.0 Å². The number of aliphatic hydroxyl groups is 1. The molecule has 1 aliphatic rings. The maximum atomic E-state index is 11.6. The Kier molecular flexibility index (Phi) is 2.15. The minimum absolute atomic E-state index is 0.0577. The van der Waals surface area contributed by atoms with Crippen LogP contribution in [0.4, 0.5) is 0 Å². The van der Waals surface area contributed by atoms with Gasteiger partial charge < -0.3 is 5.11 Å². The van der Waals surface area contributed by atoms with E-state index in [9.17, 15) is 14.7 Å². The highest BCUT2D eigenvalue weighted by Gasteiger charge is 2.31. The van der Waals surface area contributed by atoms with Crippen molar-refractivity contribution in [2.45, 2.75) is 13.3 Å². The number of fused-ring (bicyclic) bond motifs is 1. The molecule has 0 unspecified atom stereocenters. The molecule has 2 rings (SSSR count). The van der Waals surface area contributed by atoms with Gasteiger partial charge >= 0.3 is 0 Å². The van der Waals surface area contributed by atoms with Crippen LogP contribution in [0, 0.1) is 0 Å². The summed E-state index contributed by atoms with van der Waals surface area (Å²) in [4.78, 5) is 23.2. The average molecular weight is 202 g/mol. The van der Waals surface area contributed by atoms with Crippen LogP contribution in [-0.2, 0) is 4.79 Å². The van der Waals surface area contributed by atoms with Gasteiger partial charge in [-0.2, -0.15) is 0 Å². The summed E-state index contributed by atoms with van der Waals surface area (Å²) in [6, 6.07) is 6.60. The van der Waals surface area contributed by atoms with Crippen molar-refractivity contribution in [1.29, 1.82) is 0 Å². The summed E-state index contributed by atoms with van der Waals surface area (Å²) in [6.07, 6.45) is 0.366. The predicted octanol–water partition coefficient (Wildman–Crippen LogP) is 2.13. The van der Waals surface area contributed by atoms with E-state index in [0.29, 0.717) is 12.0 Å². The molecule has 15 heavy (non-hydrogen) atoms. The highest BCUT2D eigenvalue weighted by Crippen LogP contribution is 2.28. The summed E-state index contributed by atoms with van der Waals surface area (Å²) >= 11 is 0. The monoisotopic (exact) mass is 202 g/mol. The first kappa shape index (κ1) is 9.65. The van der Waals surface area contributed by atoms with Crippen molar-refractivity contribution in [1.82, 2.24) is 0 Å². The Morgan fingerprint density at radius 3 is 2.27 bits per heavy atom. The minimum atomic E-state index is -0.589. The first-order valence-corrected chi connectivity index (χ1v) is 4.77. The van der Waals surface area contributed by atoms with Crippen molar-refractivity contribution in [2.75, 3.05) is 0 Å². The van der Waals surface area contributed by atoms with Crippen molar-refractivity contribution in [3.8, 4) is 0 Å². The maximum Gasteiger partial charge on any atom is 0.234 e. The number of carbonyl (C=O) groups is 2. The van der Waals surface area contributed by atoms with Crippen LogP contribution in [0.2, 0.25) is 0 Å². The fourth-order valence-corrected chi connectivity index (χ4v) is 1.75. The van der Waals surface area contributed by atoms with E-state index in [4.69, 9.17) is 0 Å². The molecule has 76 valence electrons. The molecule has 0 amide bonds. The van der Waals surface area contributed by atoms with E-state index >= 15 is 0 Å². The van der Waals surface area contributed by atoms with E-state index in [1.807, 2.05) is 0 Å². The molecule has 0 bridgehead atoms. The number of hydrogen-bond donors (Lipinski definition) is 1. The summed E-state index contributed by atoms with van der Waals surface area (Å²) in [5, 5.41) is 9.82. The molecule has 0 radical (unpaired) electrons. The Bertz CT molecular complexity index is 483. The molecular weight excluding hydrogens is 192 g/mol. The molecule has 0 fully saturated rings. The van der Waals surface area contributed by atoms with Crippen LogP contribution in [0.5, 0.6) is 0 Å². The SMILES string of the molecule is CCC1=C(O)c2ccccc2C(=O)C1=O. The van der Waals surface area contributed by atoms with E-state index in [1.54, 1.807) is 31.2 Å². The van der Waals surface area contributed by atoms with Gasteiger partial charge in [0, 0.05) is 16.7 Å². The number of hydrogen-bond acceptors (Lipinski definition) is 3. The minimum Gasteiger partial charge on any atom is -0.507 e. The molecule has 0 atom stereocenters. The van der Waals surface area contributed by atoms with Gasteiger partial charge in [-0.25, -0.2) is 0 Å². The number of carbonyl (C=O) groups excluding carboxylic acids is 2. The first-order chi connectivity index (χ1) is 7.16. The average Bonchev–Trinajstić information content (AvgIpc) is 2.27. The summed E-state index contributed by atoms with van der Waals surface area (Å²) in [5.41, 5.74) is 0.954. The number of allylic oxidation sites excluding steroid dienone is 1. The quantitative estimate of drug-likeness (QED) is 0.710. The molecule has 1 aliphatic carbocycles. The van der Waals surface area contributed by atoms with Gasteiger partial charge in [-0.3, -0.25) is 9.59 Å². The van der Waals surface area contributed by atoms with E-state index in [2.05, 4.69) is 0 Å². The Morgan fingerprint density at radius 1 is 1.07 bits per heavy atom. The van der Waals surface area contributed by atoms with E-state index in [1.165, 1.54) is 0 Å². The largest absolute Gasteiger partial charge is 0.507 e. The smallest absolute Gasteiger partial charge is 0.234 e. The lowest BCUT2D eigenvalue weighted by Gasteiger charge is -2.16. The number of ketones is 2. The second-order valence-corrected chi connectivity index (χ2v) is 3.38. The van der Waals surface area contributed by atoms with Crippen LogP contribution in [0.1, 0.15) is 29.3 Å². The molecular formula is C12H10O3. The third-order valence-electron chi connectivity index (χ3n) is 2.55. The van der Waals surface area contributed by atoms with Crippen LogP contribution in [0.15, 0.2) is 29.8 Å². The van der Waals surface area contributed by atoms with Crippen molar-refractivity contribution in [3.05, 3.63) is 41.0 Å². The Balaban J connectivity index is 2.74. The fourth-order valence-electron chi connectivity index (χ4n) is 1.75. The molecule has 0 aromatic heterocycles. The van der Waals surface area contributed by atoms with Crippen LogP contribution >= 0.6 is 0 Å². The molecule has 3 nitrogen and oxygen atoms in total. The predicted molar refractivity (Wildman–Crippen MR) is 55.6 cm³/mol. The van der Waals surface area contributed by atoms with Gasteiger partial charge in [-0.15, -0.1) is 0 Å². The second kappa shape index (κ2) is 3.35. The topological polar surface area (TPSA) is 54.4 Å². The van der Waals surface area contributed by atoms with Gasteiger partial charge in [-0.05, 0) is 6.42 Å². The number of aliphatic hydroxyl groups excluding tert-OH is 1. The number of rotatable bonds is 1. The highest BCUT2D eigenvalue weighted by atomic mass is 16.3. The third-order valence-corrected chi connectivity index (χ3v) is 2.55. The zero-order chi connectivity index (χ0) is 11.0. The van der Waals surface area contributed by atoms with Crippen molar-refractivity contribution in [2.24, 2.45) is 0 Å². The molecule has 0 aliphatic heterocycles. The molecule has 1 aromatic rings. The van der Waals surface area contributed by atoms with Crippen LogP contribution in [0.3, 0.4) is 0 Å². The van der Waals surface area contributed by atoms with Crippen molar-refractivity contribution < 1.29 is 14.7 Å². The maximum absolute atomic E-state index is 11.6. The van der Waals surface area contributed by atoms with E-state index in [0.717, 1.165) is 0 Å². The zero-order valence-corrected chi connectivity index (χ0v) is 8.28. The molecule has 0 saturated carbocycles. The molecule has 1 N–H and O–H groups in total. The second-order valence-electron chi connectivity index (χ2n) is 3.38. The van der Waals surface area contributed by atoms with E-state index in [-0.39, 0.29) is 16.9 Å². The van der Waals surface area contributed by atoms with E-state index < -0.39 is 11.6 Å². The standard InChI is InChI=1S/C12H10O3/c1-2-7-10(13)8-5-3-4-6-9(8)12(15)11(7)14/h3-6,13H,2H2,1H3. The van der Waals surface area contributed by atoms with Crippen LogP contribution < -0.4 is 0 Å². The summed E-state index contributed by atoms with van der Waals surface area (Å²) in [6.45, 7) is 1.74. The normalized spacial score (nSPS) is 15.5. The van der Waals surface area contributed by atoms with Gasteiger partial charge in [-0.1, -0.05) is 31.2 Å². The van der Waals surface area contributed by atoms with Gasteiger partial charge in [0.05, 0.1) is 0 Å². The van der Waals surface area contributed by atoms with Gasteiger partial charge in [0.1, 0.15) is 5.76 Å². The lowest BCUT2D eigenvalue weighted by Crippen LogP contribution is -2.23. The van der Waals surface area contributed by atoms with Gasteiger partial charge in [0.2, 0.25) is 11.6 Å². The third kappa shape index (κ3) is 1.28. The highest BCUT2D eigenvalue weighted by molar-refractivity contribution is 6.52. The van der Waals surface area contributed by atoms with Crippen LogP contribution in [0.25, 0.3) is 5.76 Å². The molecule has 3 heteroatoms. The summed E-state index contributed by atoms with van der Waals surface area (Å²) < 4.78 is 0. The molecule has 1 aromatic carbocycles. The lowest BCUT2D eigenvalue weighted by atomic mass is 9.87. The number of benzene rings is 1. The summed E-state index contributed by atoms with van der Waals surface area (Å²) in [5.74, 6) is -1.17. The Hall–Kier alpha value is -1.90. The van der Waals surface area contributed by atoms with Gasteiger partial charge in [0.15, 0.2) is 0 Å². The van der Waals surface area contributed by atoms with Crippen molar-refractivity contribution in [3.63, 3.8) is 0 Å². The summed E-state index contributed by atoms with van der Waals surface area (Å²) in [7, 11) is 0. The van der Waals surface area contributed by atoms with Crippen molar-refractivity contribution >= 4 is 17.3 Å². The number of Topliss-reactive ketones (excluding diaryl/α,β-unsaturated/α-hetero) is 2. The fraction of sp³-hybridized carbons (Fsp3) is 0.167. The molecule has 0 saturated heterocycles. The zero-order valence-electron chi connectivity index (χ0n) is 8.28. The van der Waals surface area contributed by atoms with Gasteiger partial charge in [0.25, 0.3) is 0 Å². The molecule has 0 spiro atoms. The molecule has 0 heterocycles.